The van der Waals surface area contributed by atoms with Crippen molar-refractivity contribution >= 4 is 10.0 Å². The first-order chi connectivity index (χ1) is 16.1. The molecule has 4 nitrogen and oxygen atoms in total. The van der Waals surface area contributed by atoms with Gasteiger partial charge in [0.2, 0.25) is 10.0 Å². The summed E-state index contributed by atoms with van der Waals surface area (Å²) >= 11 is 0. The summed E-state index contributed by atoms with van der Waals surface area (Å²) in [6.07, 6.45) is -0.179. The topological polar surface area (TPSA) is 49.2 Å². The number of sulfonamides is 1. The van der Waals surface area contributed by atoms with Gasteiger partial charge in [0.05, 0.1) is 11.3 Å². The van der Waals surface area contributed by atoms with Gasteiger partial charge in [-0.3, -0.25) is 4.90 Å². The van der Waals surface area contributed by atoms with E-state index in [1.54, 1.807) is 6.07 Å². The molecule has 0 bridgehead atoms. The Balaban J connectivity index is 1.21. The second-order valence-electron chi connectivity index (χ2n) is 10.7. The summed E-state index contributed by atoms with van der Waals surface area (Å²) in [6.45, 7) is 0.366. The molecule has 1 N–H and O–H groups in total. The van der Waals surface area contributed by atoms with Crippen LogP contribution in [0.5, 0.6) is 0 Å². The molecule has 2 saturated carbocycles. The van der Waals surface area contributed by atoms with Crippen molar-refractivity contribution in [1.29, 1.82) is 0 Å². The molecule has 0 aromatic heterocycles. The van der Waals surface area contributed by atoms with Crippen molar-refractivity contribution in [1.82, 2.24) is 9.62 Å². The zero-order chi connectivity index (χ0) is 23.9. The van der Waals surface area contributed by atoms with Crippen LogP contribution in [-0.2, 0) is 35.5 Å². The summed E-state index contributed by atoms with van der Waals surface area (Å²) < 4.78 is 66.9. The highest BCUT2D eigenvalue weighted by molar-refractivity contribution is 7.89. The van der Waals surface area contributed by atoms with Crippen LogP contribution in [-0.4, -0.2) is 44.7 Å². The van der Waals surface area contributed by atoms with E-state index >= 15 is 0 Å². The summed E-state index contributed by atoms with van der Waals surface area (Å²) in [6, 6.07) is 13.2. The molecule has 2 aromatic rings. The molecule has 3 unspecified atom stereocenters. The smallest absolute Gasteiger partial charge is 0.296 e. The molecule has 8 heteroatoms. The largest absolute Gasteiger partial charge is 0.416 e. The standard InChI is InChI=1S/C26H29F3N2O2S/c1-31-23-24(31)25(23)14-19-8-7-16(9-10-30-34(32,33)15-17-5-6-17)12-21(19)22(25)13-18-3-2-4-20(11-18)26(27,28)29/h2-4,7-8,11-12,17,22-24,30H,5-6,9-10,13-15H2,1H3. The lowest BCUT2D eigenvalue weighted by atomic mass is 9.80. The fraction of sp³-hybridized carbons (Fsp3) is 0.538. The molecule has 2 aromatic carbocycles. The molecule has 6 rings (SSSR count). The number of likely N-dealkylation sites (tertiary alicyclic amines) is 1. The molecule has 0 amide bonds. The summed E-state index contributed by atoms with van der Waals surface area (Å²) in [7, 11) is -1.12. The first kappa shape index (κ1) is 22.6. The molecule has 1 saturated heterocycles. The number of fused-ring (bicyclic) bond motifs is 4. The van der Waals surface area contributed by atoms with E-state index in [4.69, 9.17) is 0 Å². The number of nitrogens with zero attached hydrogens (tertiary/aromatic N) is 1. The second-order valence-corrected chi connectivity index (χ2v) is 12.6. The average molecular weight is 491 g/mol. The molecule has 3 aliphatic carbocycles. The van der Waals surface area contributed by atoms with Gasteiger partial charge in [-0.15, -0.1) is 0 Å². The van der Waals surface area contributed by atoms with Crippen molar-refractivity contribution in [3.8, 4) is 0 Å². The third-order valence-electron chi connectivity index (χ3n) is 8.39. The summed E-state index contributed by atoms with van der Waals surface area (Å²) in [5, 5.41) is 0. The Morgan fingerprint density at radius 1 is 1.09 bits per heavy atom. The highest BCUT2D eigenvalue weighted by Gasteiger charge is 2.84. The van der Waals surface area contributed by atoms with E-state index in [9.17, 15) is 21.6 Å². The Bertz CT molecular complexity index is 1230. The van der Waals surface area contributed by atoms with Crippen LogP contribution in [0.25, 0.3) is 0 Å². The lowest BCUT2D eigenvalue weighted by molar-refractivity contribution is -0.137. The van der Waals surface area contributed by atoms with E-state index in [-0.39, 0.29) is 17.1 Å². The Morgan fingerprint density at radius 3 is 2.53 bits per heavy atom. The minimum Gasteiger partial charge on any atom is -0.296 e. The van der Waals surface area contributed by atoms with Gasteiger partial charge in [-0.25, -0.2) is 13.1 Å². The predicted octanol–water partition coefficient (Wildman–Crippen LogP) is 4.14. The Labute approximate surface area is 198 Å². The van der Waals surface area contributed by atoms with Crippen molar-refractivity contribution in [3.63, 3.8) is 0 Å². The van der Waals surface area contributed by atoms with Gasteiger partial charge in [-0.2, -0.15) is 13.2 Å². The molecule has 1 heterocycles. The third kappa shape index (κ3) is 3.88. The number of nitrogens with one attached hydrogen (secondary N) is 1. The molecule has 3 fully saturated rings. The summed E-state index contributed by atoms with van der Waals surface area (Å²) in [5.41, 5.74) is 3.85. The molecule has 34 heavy (non-hydrogen) atoms. The van der Waals surface area contributed by atoms with Crippen LogP contribution in [0.2, 0.25) is 0 Å². The van der Waals surface area contributed by atoms with Gasteiger partial charge in [0.25, 0.3) is 0 Å². The van der Waals surface area contributed by atoms with Gasteiger partial charge in [-0.1, -0.05) is 36.4 Å². The molecule has 182 valence electrons. The van der Waals surface area contributed by atoms with E-state index in [2.05, 4.69) is 34.9 Å². The Kier molecular flexibility index (Phi) is 5.01. The number of likely N-dealkylation sites (N-methyl/N-ethyl adjacent to an activating group) is 1. The molecule has 0 radical (unpaired) electrons. The van der Waals surface area contributed by atoms with Crippen molar-refractivity contribution in [2.24, 2.45) is 11.3 Å². The van der Waals surface area contributed by atoms with Crippen LogP contribution in [0.1, 0.15) is 46.6 Å². The maximum Gasteiger partial charge on any atom is 0.416 e. The quantitative estimate of drug-likeness (QED) is 0.566. The van der Waals surface area contributed by atoms with E-state index in [0.717, 1.165) is 36.5 Å². The zero-order valence-corrected chi connectivity index (χ0v) is 19.9. The maximum absolute atomic E-state index is 13.3. The number of hydrogen-bond acceptors (Lipinski definition) is 3. The van der Waals surface area contributed by atoms with Crippen molar-refractivity contribution in [2.75, 3.05) is 19.3 Å². The van der Waals surface area contributed by atoms with E-state index in [1.807, 2.05) is 0 Å². The van der Waals surface area contributed by atoms with Crippen LogP contribution in [0, 0.1) is 11.3 Å². The highest BCUT2D eigenvalue weighted by atomic mass is 32.2. The number of alkyl halides is 3. The number of rotatable bonds is 8. The van der Waals surface area contributed by atoms with E-state index in [0.29, 0.717) is 37.4 Å². The van der Waals surface area contributed by atoms with Crippen LogP contribution < -0.4 is 4.72 Å². The number of hydrogen-bond donors (Lipinski definition) is 1. The zero-order valence-electron chi connectivity index (χ0n) is 19.1. The molecule has 1 aliphatic heterocycles. The molecule has 1 spiro atoms. The Hall–Kier alpha value is -1.90. The lowest BCUT2D eigenvalue weighted by Gasteiger charge is -2.29. The van der Waals surface area contributed by atoms with Crippen molar-refractivity contribution < 1.29 is 21.6 Å². The number of halogens is 3. The fourth-order valence-electron chi connectivity index (χ4n) is 6.50. The minimum atomic E-state index is -4.34. The van der Waals surface area contributed by atoms with Gasteiger partial charge in [-0.05, 0) is 79.3 Å². The molecular formula is C26H29F3N2O2S. The van der Waals surface area contributed by atoms with Gasteiger partial charge in [0, 0.05) is 24.0 Å². The summed E-state index contributed by atoms with van der Waals surface area (Å²) in [4.78, 5) is 2.35. The van der Waals surface area contributed by atoms with Gasteiger partial charge >= 0.3 is 6.18 Å². The van der Waals surface area contributed by atoms with E-state index in [1.165, 1.54) is 23.3 Å². The van der Waals surface area contributed by atoms with Crippen molar-refractivity contribution in [3.05, 3.63) is 70.3 Å². The molecule has 4 aliphatic rings. The van der Waals surface area contributed by atoms with Crippen LogP contribution in [0.3, 0.4) is 0 Å². The van der Waals surface area contributed by atoms with Crippen LogP contribution >= 0.6 is 0 Å². The first-order valence-corrected chi connectivity index (χ1v) is 13.7. The molecule has 3 atom stereocenters. The number of benzene rings is 2. The highest BCUT2D eigenvalue weighted by Crippen LogP contribution is 2.76. The van der Waals surface area contributed by atoms with Gasteiger partial charge in [0.15, 0.2) is 0 Å². The average Bonchev–Trinajstić information content (AvgIpc) is 3.71. The SMILES string of the molecule is CN1C2C1C21Cc2ccc(CCNS(=O)(=O)CC3CC3)cc2C1Cc1cccc(C(F)(F)F)c1. The second kappa shape index (κ2) is 7.55. The minimum absolute atomic E-state index is 0.135. The van der Waals surface area contributed by atoms with Crippen LogP contribution in [0.4, 0.5) is 13.2 Å². The molecular weight excluding hydrogens is 461 g/mol. The fourth-order valence-corrected chi connectivity index (χ4v) is 7.98. The van der Waals surface area contributed by atoms with Crippen molar-refractivity contribution in [2.45, 2.75) is 56.3 Å². The third-order valence-corrected chi connectivity index (χ3v) is 9.95. The maximum atomic E-state index is 13.3. The normalized spacial score (nSPS) is 31.4. The van der Waals surface area contributed by atoms with E-state index < -0.39 is 21.8 Å². The monoisotopic (exact) mass is 490 g/mol. The predicted molar refractivity (Wildman–Crippen MR) is 124 cm³/mol. The van der Waals surface area contributed by atoms with Crippen LogP contribution in [0.15, 0.2) is 42.5 Å². The lowest BCUT2D eigenvalue weighted by Crippen LogP contribution is -2.31. The summed E-state index contributed by atoms with van der Waals surface area (Å²) in [5.74, 6) is 0.715. The first-order valence-electron chi connectivity index (χ1n) is 12.1. The Morgan fingerprint density at radius 2 is 1.85 bits per heavy atom. The van der Waals surface area contributed by atoms with Gasteiger partial charge in [0.1, 0.15) is 0 Å². The van der Waals surface area contributed by atoms with Gasteiger partial charge < -0.3 is 0 Å².